The smallest absolute Gasteiger partial charge is 0.412 e. The van der Waals surface area contributed by atoms with Crippen LogP contribution in [0.15, 0.2) is 30.3 Å². The largest absolute Gasteiger partial charge is 0.465 e. The summed E-state index contributed by atoms with van der Waals surface area (Å²) in [5.74, 6) is 0.462. The van der Waals surface area contributed by atoms with Crippen LogP contribution in [-0.4, -0.2) is 29.4 Å². The summed E-state index contributed by atoms with van der Waals surface area (Å²) < 4.78 is 5.15. The zero-order valence-electron chi connectivity index (χ0n) is 11.0. The third-order valence-corrected chi connectivity index (χ3v) is 3.33. The van der Waals surface area contributed by atoms with E-state index in [1.807, 2.05) is 6.07 Å². The van der Waals surface area contributed by atoms with Gasteiger partial charge >= 0.3 is 12.2 Å². The fraction of sp³-hybridized carbons (Fsp3) is 0.429. The van der Waals surface area contributed by atoms with Crippen molar-refractivity contribution in [3.05, 3.63) is 30.3 Å². The van der Waals surface area contributed by atoms with Gasteiger partial charge in [-0.25, -0.2) is 9.59 Å². The molecule has 20 heavy (non-hydrogen) atoms. The molecule has 0 unspecified atom stereocenters. The molecule has 1 aliphatic carbocycles. The summed E-state index contributed by atoms with van der Waals surface area (Å²) in [6.45, 7) is 0. The predicted octanol–water partition coefficient (Wildman–Crippen LogP) is 2.35. The highest BCUT2D eigenvalue weighted by Crippen LogP contribution is 2.19. The second kappa shape index (κ2) is 6.79. The second-order valence-electron chi connectivity index (χ2n) is 4.79. The molecule has 1 aromatic carbocycles. The van der Waals surface area contributed by atoms with Crippen LogP contribution in [0.2, 0.25) is 0 Å². The fourth-order valence-electron chi connectivity index (χ4n) is 2.41. The third kappa shape index (κ3) is 4.15. The van der Waals surface area contributed by atoms with Crippen LogP contribution in [0.5, 0.6) is 5.75 Å². The van der Waals surface area contributed by atoms with Gasteiger partial charge in [0.25, 0.3) is 0 Å². The van der Waals surface area contributed by atoms with E-state index in [4.69, 9.17) is 9.84 Å². The number of ether oxygens (including phenoxy) is 1. The summed E-state index contributed by atoms with van der Waals surface area (Å²) in [5, 5.41) is 14.0. The quantitative estimate of drug-likeness (QED) is 0.792. The summed E-state index contributed by atoms with van der Waals surface area (Å²) in [5.41, 5.74) is 0. The first-order valence-electron chi connectivity index (χ1n) is 6.68. The lowest BCUT2D eigenvalue weighted by atomic mass is 9.90. The van der Waals surface area contributed by atoms with Crippen LogP contribution in [0.1, 0.15) is 25.7 Å². The first-order valence-corrected chi connectivity index (χ1v) is 6.68. The third-order valence-electron chi connectivity index (χ3n) is 3.33. The Hall–Kier alpha value is -2.24. The van der Waals surface area contributed by atoms with Gasteiger partial charge in [-0.2, -0.15) is 0 Å². The van der Waals surface area contributed by atoms with E-state index in [1.54, 1.807) is 24.3 Å². The maximum Gasteiger partial charge on any atom is 0.412 e. The molecule has 0 aromatic heterocycles. The van der Waals surface area contributed by atoms with Crippen molar-refractivity contribution in [2.45, 2.75) is 37.8 Å². The van der Waals surface area contributed by atoms with Gasteiger partial charge in [-0.1, -0.05) is 31.0 Å². The minimum Gasteiger partial charge on any atom is -0.465 e. The van der Waals surface area contributed by atoms with Crippen molar-refractivity contribution < 1.29 is 19.4 Å². The van der Waals surface area contributed by atoms with E-state index >= 15 is 0 Å². The number of hydrogen-bond acceptors (Lipinski definition) is 3. The molecule has 1 fully saturated rings. The van der Waals surface area contributed by atoms with E-state index in [1.165, 1.54) is 0 Å². The van der Waals surface area contributed by atoms with Crippen LogP contribution in [0.25, 0.3) is 0 Å². The average molecular weight is 278 g/mol. The standard InChI is InChI=1S/C14H18N2O4/c17-13(18)15-11-8-4-5-9-12(11)16-14(19)20-10-6-2-1-3-7-10/h1-3,6-7,11-12,15H,4-5,8-9H2,(H,16,19)(H,17,18)/t11-,12-/m0/s1. The van der Waals surface area contributed by atoms with E-state index in [0.29, 0.717) is 5.75 Å². The maximum atomic E-state index is 11.8. The molecule has 3 N–H and O–H groups in total. The first-order chi connectivity index (χ1) is 9.65. The molecule has 1 aliphatic rings. The van der Waals surface area contributed by atoms with Gasteiger partial charge < -0.3 is 20.5 Å². The molecule has 0 aliphatic heterocycles. The molecule has 1 saturated carbocycles. The van der Waals surface area contributed by atoms with Crippen LogP contribution in [0, 0.1) is 0 Å². The fourth-order valence-corrected chi connectivity index (χ4v) is 2.41. The van der Waals surface area contributed by atoms with E-state index in [2.05, 4.69) is 10.6 Å². The molecule has 6 nitrogen and oxygen atoms in total. The maximum absolute atomic E-state index is 11.8. The van der Waals surface area contributed by atoms with Crippen molar-refractivity contribution in [3.63, 3.8) is 0 Å². The van der Waals surface area contributed by atoms with Gasteiger partial charge in [-0.05, 0) is 25.0 Å². The van der Waals surface area contributed by atoms with Crippen LogP contribution >= 0.6 is 0 Å². The van der Waals surface area contributed by atoms with Crippen LogP contribution < -0.4 is 15.4 Å². The number of nitrogens with one attached hydrogen (secondary N) is 2. The van der Waals surface area contributed by atoms with Gasteiger partial charge in [-0.15, -0.1) is 0 Å². The highest BCUT2D eigenvalue weighted by atomic mass is 16.6. The number of carbonyl (C=O) groups is 2. The van der Waals surface area contributed by atoms with E-state index in [0.717, 1.165) is 25.7 Å². The minimum atomic E-state index is -1.07. The molecular weight excluding hydrogens is 260 g/mol. The Labute approximate surface area is 117 Å². The van der Waals surface area contributed by atoms with Gasteiger partial charge in [0.1, 0.15) is 5.75 Å². The molecule has 0 saturated heterocycles. The minimum absolute atomic E-state index is 0.226. The molecular formula is C14H18N2O4. The van der Waals surface area contributed by atoms with Crippen LogP contribution in [0.4, 0.5) is 9.59 Å². The summed E-state index contributed by atoms with van der Waals surface area (Å²) in [4.78, 5) is 22.5. The van der Waals surface area contributed by atoms with Crippen molar-refractivity contribution in [2.75, 3.05) is 0 Å². The Morgan fingerprint density at radius 1 is 1.05 bits per heavy atom. The molecule has 2 rings (SSSR count). The lowest BCUT2D eigenvalue weighted by Crippen LogP contribution is -2.53. The number of carboxylic acid groups (broad SMARTS) is 1. The Morgan fingerprint density at radius 3 is 2.25 bits per heavy atom. The number of rotatable bonds is 3. The summed E-state index contributed by atoms with van der Waals surface area (Å²) in [6, 6.07) is 8.27. The molecule has 0 spiro atoms. The monoisotopic (exact) mass is 278 g/mol. The highest BCUT2D eigenvalue weighted by Gasteiger charge is 2.28. The molecule has 1 aromatic rings. The van der Waals surface area contributed by atoms with Gasteiger partial charge in [0.2, 0.25) is 0 Å². The molecule has 2 amide bonds. The Morgan fingerprint density at radius 2 is 1.65 bits per heavy atom. The highest BCUT2D eigenvalue weighted by molar-refractivity contribution is 5.71. The zero-order chi connectivity index (χ0) is 14.4. The van der Waals surface area contributed by atoms with Crippen LogP contribution in [0.3, 0.4) is 0 Å². The average Bonchev–Trinajstić information content (AvgIpc) is 2.41. The number of carbonyl (C=O) groups excluding carboxylic acids is 1. The summed E-state index contributed by atoms with van der Waals surface area (Å²) in [6.07, 6.45) is 1.77. The van der Waals surface area contributed by atoms with E-state index < -0.39 is 12.2 Å². The Balaban J connectivity index is 1.89. The summed E-state index contributed by atoms with van der Waals surface area (Å²) in [7, 11) is 0. The van der Waals surface area contributed by atoms with E-state index in [-0.39, 0.29) is 12.1 Å². The molecule has 0 heterocycles. The van der Waals surface area contributed by atoms with Gasteiger partial charge in [-0.3, -0.25) is 0 Å². The molecule has 2 atom stereocenters. The van der Waals surface area contributed by atoms with Crippen molar-refractivity contribution in [1.29, 1.82) is 0 Å². The normalized spacial score (nSPS) is 21.8. The zero-order valence-corrected chi connectivity index (χ0v) is 11.0. The van der Waals surface area contributed by atoms with Crippen molar-refractivity contribution >= 4 is 12.2 Å². The van der Waals surface area contributed by atoms with Crippen LogP contribution in [-0.2, 0) is 0 Å². The summed E-state index contributed by atoms with van der Waals surface area (Å²) >= 11 is 0. The number of para-hydroxylation sites is 1. The van der Waals surface area contributed by atoms with Crippen molar-refractivity contribution in [2.24, 2.45) is 0 Å². The number of amides is 2. The van der Waals surface area contributed by atoms with Gasteiger partial charge in [0.15, 0.2) is 0 Å². The first kappa shape index (κ1) is 14.2. The van der Waals surface area contributed by atoms with E-state index in [9.17, 15) is 9.59 Å². The van der Waals surface area contributed by atoms with Crippen molar-refractivity contribution in [3.8, 4) is 5.75 Å². The Kier molecular flexibility index (Phi) is 4.81. The molecule has 0 bridgehead atoms. The predicted molar refractivity (Wildman–Crippen MR) is 72.8 cm³/mol. The van der Waals surface area contributed by atoms with Gasteiger partial charge in [0, 0.05) is 0 Å². The number of hydrogen-bond donors (Lipinski definition) is 3. The lowest BCUT2D eigenvalue weighted by Gasteiger charge is -2.31. The van der Waals surface area contributed by atoms with Gasteiger partial charge in [0.05, 0.1) is 12.1 Å². The topological polar surface area (TPSA) is 87.7 Å². The number of benzene rings is 1. The SMILES string of the molecule is O=C(O)N[C@H]1CCCC[C@@H]1NC(=O)Oc1ccccc1. The molecule has 6 heteroatoms. The van der Waals surface area contributed by atoms with Crippen molar-refractivity contribution in [1.82, 2.24) is 10.6 Å². The lowest BCUT2D eigenvalue weighted by molar-refractivity contribution is 0.170. The second-order valence-corrected chi connectivity index (χ2v) is 4.79. The molecule has 0 radical (unpaired) electrons. The molecule has 108 valence electrons. The Bertz CT molecular complexity index is 464.